The van der Waals surface area contributed by atoms with Gasteiger partial charge in [0.2, 0.25) is 10.0 Å². The maximum Gasteiger partial charge on any atom is 0.250 e. The molecule has 0 spiro atoms. The van der Waals surface area contributed by atoms with Crippen molar-refractivity contribution in [3.05, 3.63) is 70.6 Å². The van der Waals surface area contributed by atoms with Crippen LogP contribution in [0.15, 0.2) is 52.9 Å². The summed E-state index contributed by atoms with van der Waals surface area (Å²) in [5.74, 6) is -0.363. The number of halogens is 2. The first-order valence-corrected chi connectivity index (χ1v) is 13.9. The average molecular weight is 518 g/mol. The number of aromatic nitrogens is 1. The molecule has 9 heteroatoms. The van der Waals surface area contributed by atoms with Gasteiger partial charge in [-0.05, 0) is 79.2 Å². The van der Waals surface area contributed by atoms with E-state index in [9.17, 15) is 12.8 Å². The molecular weight excluding hydrogens is 493 g/mol. The smallest absolute Gasteiger partial charge is 0.250 e. The van der Waals surface area contributed by atoms with Crippen molar-refractivity contribution in [1.82, 2.24) is 14.6 Å². The monoisotopic (exact) mass is 517 g/mol. The SMILES string of the molecule is Cc1c(S(=O)(=O)NCCCN2CC=C(c3c[nH]c4ccc(Cl)cc34)CC2)sc2ccc(F)cc12. The second kappa shape index (κ2) is 9.43. The van der Waals surface area contributed by atoms with Crippen LogP contribution in [-0.4, -0.2) is 44.5 Å². The Hall–Kier alpha value is -2.23. The van der Waals surface area contributed by atoms with E-state index < -0.39 is 10.0 Å². The Morgan fingerprint density at radius 3 is 2.85 bits per heavy atom. The van der Waals surface area contributed by atoms with Crippen molar-refractivity contribution < 1.29 is 12.8 Å². The fourth-order valence-electron chi connectivity index (χ4n) is 4.52. The molecule has 5 nitrogen and oxygen atoms in total. The van der Waals surface area contributed by atoms with Gasteiger partial charge in [0, 0.05) is 52.0 Å². The molecule has 178 valence electrons. The van der Waals surface area contributed by atoms with Crippen LogP contribution >= 0.6 is 22.9 Å². The zero-order chi connectivity index (χ0) is 23.9. The molecule has 34 heavy (non-hydrogen) atoms. The first-order chi connectivity index (χ1) is 16.3. The van der Waals surface area contributed by atoms with Crippen LogP contribution in [0.4, 0.5) is 4.39 Å². The second-order valence-electron chi connectivity index (χ2n) is 8.58. The van der Waals surface area contributed by atoms with Gasteiger partial charge >= 0.3 is 0 Å². The van der Waals surface area contributed by atoms with Gasteiger partial charge in [-0.25, -0.2) is 17.5 Å². The lowest BCUT2D eigenvalue weighted by molar-refractivity contribution is 0.298. The Labute approximate surface area is 207 Å². The summed E-state index contributed by atoms with van der Waals surface area (Å²) >= 11 is 7.36. The summed E-state index contributed by atoms with van der Waals surface area (Å²) in [6, 6.07) is 10.3. The Kier molecular flexibility index (Phi) is 6.52. The van der Waals surface area contributed by atoms with Gasteiger partial charge in [-0.2, -0.15) is 0 Å². The van der Waals surface area contributed by atoms with Crippen molar-refractivity contribution in [3.8, 4) is 0 Å². The third-order valence-electron chi connectivity index (χ3n) is 6.32. The van der Waals surface area contributed by atoms with Crippen molar-refractivity contribution in [2.75, 3.05) is 26.2 Å². The number of sulfonamides is 1. The van der Waals surface area contributed by atoms with Gasteiger partial charge in [-0.1, -0.05) is 17.7 Å². The van der Waals surface area contributed by atoms with E-state index in [1.807, 2.05) is 24.4 Å². The topological polar surface area (TPSA) is 65.2 Å². The van der Waals surface area contributed by atoms with Gasteiger partial charge < -0.3 is 4.98 Å². The summed E-state index contributed by atoms with van der Waals surface area (Å²) in [5, 5.41) is 2.52. The van der Waals surface area contributed by atoms with Gasteiger partial charge in [0.15, 0.2) is 0 Å². The van der Waals surface area contributed by atoms with Crippen LogP contribution < -0.4 is 4.72 Å². The summed E-state index contributed by atoms with van der Waals surface area (Å²) in [7, 11) is -3.63. The summed E-state index contributed by atoms with van der Waals surface area (Å²) in [6.45, 7) is 4.65. The highest BCUT2D eigenvalue weighted by atomic mass is 35.5. The maximum atomic E-state index is 13.6. The Bertz CT molecular complexity index is 1510. The first-order valence-electron chi connectivity index (χ1n) is 11.2. The first kappa shape index (κ1) is 23.5. The van der Waals surface area contributed by atoms with Gasteiger partial charge in [-0.3, -0.25) is 4.90 Å². The van der Waals surface area contributed by atoms with Crippen LogP contribution in [0.5, 0.6) is 0 Å². The molecule has 0 radical (unpaired) electrons. The number of nitrogens with one attached hydrogen (secondary N) is 2. The summed E-state index contributed by atoms with van der Waals surface area (Å²) in [6.07, 6.45) is 5.94. The molecule has 0 aliphatic carbocycles. The number of hydrogen-bond donors (Lipinski definition) is 2. The van der Waals surface area contributed by atoms with Crippen LogP contribution in [0.1, 0.15) is 24.0 Å². The number of benzene rings is 2. The molecule has 0 saturated heterocycles. The van der Waals surface area contributed by atoms with E-state index >= 15 is 0 Å². The number of aromatic amines is 1. The normalized spacial score (nSPS) is 15.3. The van der Waals surface area contributed by atoms with Crippen molar-refractivity contribution >= 4 is 59.5 Å². The van der Waals surface area contributed by atoms with Crippen LogP contribution in [0.25, 0.3) is 26.6 Å². The van der Waals surface area contributed by atoms with Gasteiger partial charge in [-0.15, -0.1) is 11.3 Å². The fraction of sp³-hybridized carbons (Fsp3) is 0.280. The van der Waals surface area contributed by atoms with E-state index in [0.29, 0.717) is 23.9 Å². The lowest BCUT2D eigenvalue weighted by atomic mass is 9.99. The molecule has 0 atom stereocenters. The quantitative estimate of drug-likeness (QED) is 0.298. The van der Waals surface area contributed by atoms with E-state index in [1.165, 1.54) is 34.6 Å². The zero-order valence-electron chi connectivity index (χ0n) is 18.7. The lowest BCUT2D eigenvalue weighted by Crippen LogP contribution is -2.32. The Balaban J connectivity index is 1.17. The molecule has 4 aromatic rings. The standard InChI is InChI=1S/C25H25ClFN3O2S2/c1-16-20-14-19(27)4-6-24(20)33-25(16)34(31,32)29-9-2-10-30-11-7-17(8-12-30)22-15-28-23-5-3-18(26)13-21(22)23/h3-7,13-15,28-29H,2,8-12H2,1H3. The van der Waals surface area contributed by atoms with Gasteiger partial charge in [0.25, 0.3) is 0 Å². The number of thiophene rings is 1. The van der Waals surface area contributed by atoms with E-state index in [0.717, 1.165) is 46.7 Å². The van der Waals surface area contributed by atoms with Gasteiger partial charge in [0.05, 0.1) is 0 Å². The van der Waals surface area contributed by atoms with E-state index in [1.54, 1.807) is 13.0 Å². The third kappa shape index (κ3) is 4.65. The van der Waals surface area contributed by atoms with E-state index in [4.69, 9.17) is 11.6 Å². The highest BCUT2D eigenvalue weighted by Gasteiger charge is 2.22. The Morgan fingerprint density at radius 2 is 2.06 bits per heavy atom. The minimum Gasteiger partial charge on any atom is -0.361 e. The maximum absolute atomic E-state index is 13.6. The third-order valence-corrected chi connectivity index (χ3v) is 9.91. The molecule has 5 rings (SSSR count). The second-order valence-corrected chi connectivity index (χ2v) is 12.0. The fourth-order valence-corrected chi connectivity index (χ4v) is 7.55. The predicted octanol–water partition coefficient (Wildman–Crippen LogP) is 5.94. The molecule has 0 amide bonds. The highest BCUT2D eigenvalue weighted by Crippen LogP contribution is 2.34. The largest absolute Gasteiger partial charge is 0.361 e. The molecule has 2 aromatic carbocycles. The number of rotatable bonds is 7. The van der Waals surface area contributed by atoms with E-state index in [-0.39, 0.29) is 10.0 Å². The summed E-state index contributed by atoms with van der Waals surface area (Å²) in [5.41, 5.74) is 4.18. The van der Waals surface area contributed by atoms with Crippen LogP contribution in [0, 0.1) is 12.7 Å². The number of hydrogen-bond acceptors (Lipinski definition) is 4. The number of fused-ring (bicyclic) bond motifs is 2. The van der Waals surface area contributed by atoms with Crippen molar-refractivity contribution in [2.24, 2.45) is 0 Å². The summed E-state index contributed by atoms with van der Waals surface area (Å²) < 4.78 is 43.0. The molecule has 0 fully saturated rings. The molecule has 0 saturated carbocycles. The highest BCUT2D eigenvalue weighted by molar-refractivity contribution is 7.91. The van der Waals surface area contributed by atoms with Crippen LogP contribution in [0.3, 0.4) is 0 Å². The van der Waals surface area contributed by atoms with Crippen molar-refractivity contribution in [3.63, 3.8) is 0 Å². The van der Waals surface area contributed by atoms with Crippen LogP contribution in [0.2, 0.25) is 5.02 Å². The molecule has 3 heterocycles. The zero-order valence-corrected chi connectivity index (χ0v) is 21.1. The summed E-state index contributed by atoms with van der Waals surface area (Å²) in [4.78, 5) is 5.64. The molecule has 0 bridgehead atoms. The van der Waals surface area contributed by atoms with Crippen molar-refractivity contribution in [2.45, 2.75) is 24.0 Å². The van der Waals surface area contributed by atoms with Gasteiger partial charge in [0.1, 0.15) is 10.0 Å². The number of H-pyrrole nitrogens is 1. The van der Waals surface area contributed by atoms with E-state index in [2.05, 4.69) is 20.7 Å². The molecule has 2 aromatic heterocycles. The van der Waals surface area contributed by atoms with Crippen molar-refractivity contribution in [1.29, 1.82) is 0 Å². The number of nitrogens with zero attached hydrogens (tertiary/aromatic N) is 1. The molecular formula is C25H25ClFN3O2S2. The minimum atomic E-state index is -3.63. The van der Waals surface area contributed by atoms with Crippen LogP contribution in [-0.2, 0) is 10.0 Å². The number of aryl methyl sites for hydroxylation is 1. The average Bonchev–Trinajstić information content (AvgIpc) is 3.38. The minimum absolute atomic E-state index is 0.262. The molecule has 2 N–H and O–H groups in total. The Morgan fingerprint density at radius 1 is 1.21 bits per heavy atom. The predicted molar refractivity (Wildman–Crippen MR) is 139 cm³/mol. The molecule has 1 aliphatic heterocycles. The molecule has 1 aliphatic rings. The lowest BCUT2D eigenvalue weighted by Gasteiger charge is -2.26. The molecule has 0 unspecified atom stereocenters.